The van der Waals surface area contributed by atoms with Gasteiger partial charge in [-0.1, -0.05) is 6.92 Å². The number of ketones is 1. The summed E-state index contributed by atoms with van der Waals surface area (Å²) in [5.74, 6) is 0.00765. The highest BCUT2D eigenvalue weighted by Gasteiger charge is 2.27. The van der Waals surface area contributed by atoms with Gasteiger partial charge in [-0.3, -0.25) is 4.79 Å². The van der Waals surface area contributed by atoms with Gasteiger partial charge in [0.15, 0.2) is 5.78 Å². The van der Waals surface area contributed by atoms with Crippen molar-refractivity contribution in [2.45, 2.75) is 18.9 Å². The summed E-state index contributed by atoms with van der Waals surface area (Å²) in [6.45, 7) is 2.01. The normalized spacial score (nSPS) is 11.3. The second-order valence-corrected chi connectivity index (χ2v) is 4.73. The first-order chi connectivity index (χ1) is 8.42. The van der Waals surface area contributed by atoms with Crippen molar-refractivity contribution in [1.29, 1.82) is 0 Å². The number of carbonyl (C=O) groups is 1. The molecule has 0 unspecified atom stereocenters. The van der Waals surface area contributed by atoms with E-state index >= 15 is 0 Å². The van der Waals surface area contributed by atoms with Crippen molar-refractivity contribution in [2.75, 3.05) is 17.6 Å². The molecule has 0 aliphatic rings. The van der Waals surface area contributed by atoms with Crippen LogP contribution in [0.3, 0.4) is 0 Å². The molecule has 0 aliphatic heterocycles. The third-order valence-corrected chi connectivity index (χ3v) is 2.96. The molecule has 0 spiro atoms. The molecule has 1 N–H and O–H groups in total. The van der Waals surface area contributed by atoms with E-state index in [4.69, 9.17) is 0 Å². The van der Waals surface area contributed by atoms with E-state index in [1.54, 1.807) is 31.2 Å². The number of halogens is 3. The summed E-state index contributed by atoms with van der Waals surface area (Å²) in [4.78, 5) is 11.3. The molecule has 1 aromatic rings. The van der Waals surface area contributed by atoms with Crippen LogP contribution in [0.4, 0.5) is 18.9 Å². The van der Waals surface area contributed by atoms with E-state index in [1.807, 2.05) is 0 Å². The topological polar surface area (TPSA) is 29.1 Å². The highest BCUT2D eigenvalue weighted by atomic mass is 32.2. The van der Waals surface area contributed by atoms with Crippen LogP contribution in [0.1, 0.15) is 23.7 Å². The molecule has 1 rings (SSSR count). The minimum atomic E-state index is -4.18. The predicted molar refractivity (Wildman–Crippen MR) is 68.1 cm³/mol. The van der Waals surface area contributed by atoms with Crippen molar-refractivity contribution in [3.05, 3.63) is 29.8 Å². The van der Waals surface area contributed by atoms with Gasteiger partial charge >= 0.3 is 5.51 Å². The first-order valence-corrected chi connectivity index (χ1v) is 6.49. The Kier molecular flexibility index (Phi) is 5.53. The molecule has 6 heteroatoms. The Hall–Kier alpha value is -1.17. The third kappa shape index (κ3) is 5.44. The molecule has 0 radical (unpaired) electrons. The fraction of sp³-hybridized carbons (Fsp3) is 0.417. The van der Waals surface area contributed by atoms with Gasteiger partial charge < -0.3 is 5.32 Å². The van der Waals surface area contributed by atoms with Crippen molar-refractivity contribution in [3.8, 4) is 0 Å². The number of anilines is 1. The van der Waals surface area contributed by atoms with Crippen molar-refractivity contribution < 1.29 is 18.0 Å². The van der Waals surface area contributed by atoms with E-state index in [-0.39, 0.29) is 29.8 Å². The second-order valence-electron chi connectivity index (χ2n) is 3.58. The van der Waals surface area contributed by atoms with Crippen LogP contribution >= 0.6 is 11.8 Å². The van der Waals surface area contributed by atoms with Crippen LogP contribution in [0.15, 0.2) is 24.3 Å². The average Bonchev–Trinajstić information content (AvgIpc) is 2.33. The highest BCUT2D eigenvalue weighted by molar-refractivity contribution is 8.00. The van der Waals surface area contributed by atoms with E-state index in [9.17, 15) is 18.0 Å². The average molecular weight is 277 g/mol. The zero-order valence-corrected chi connectivity index (χ0v) is 10.7. The molecule has 0 heterocycles. The van der Waals surface area contributed by atoms with Crippen LogP contribution in [0.5, 0.6) is 0 Å². The Bertz CT molecular complexity index is 389. The molecular formula is C12H14F3NOS. The number of nitrogens with one attached hydrogen (secondary N) is 1. The molecule has 100 valence electrons. The maximum Gasteiger partial charge on any atom is 0.441 e. The van der Waals surface area contributed by atoms with Gasteiger partial charge in [-0.2, -0.15) is 13.2 Å². The van der Waals surface area contributed by atoms with Crippen molar-refractivity contribution in [3.63, 3.8) is 0 Å². The Morgan fingerprint density at radius 2 is 1.89 bits per heavy atom. The van der Waals surface area contributed by atoms with Crippen molar-refractivity contribution >= 4 is 23.2 Å². The number of benzene rings is 1. The van der Waals surface area contributed by atoms with Gasteiger partial charge in [-0.25, -0.2) is 0 Å². The molecule has 0 bridgehead atoms. The minimum absolute atomic E-state index is 0.0425. The summed E-state index contributed by atoms with van der Waals surface area (Å²) in [7, 11) is 0. The van der Waals surface area contributed by atoms with Crippen molar-refractivity contribution in [2.24, 2.45) is 0 Å². The lowest BCUT2D eigenvalue weighted by Crippen LogP contribution is -2.09. The predicted octanol–water partition coefficient (Wildman–Crippen LogP) is 3.94. The van der Waals surface area contributed by atoms with E-state index in [0.717, 1.165) is 0 Å². The third-order valence-electron chi connectivity index (χ3n) is 2.22. The van der Waals surface area contributed by atoms with Gasteiger partial charge in [0.1, 0.15) is 0 Å². The molecule has 18 heavy (non-hydrogen) atoms. The van der Waals surface area contributed by atoms with Gasteiger partial charge in [0, 0.05) is 30.0 Å². The minimum Gasteiger partial charge on any atom is -0.384 e. The summed E-state index contributed by atoms with van der Waals surface area (Å²) < 4.78 is 35.6. The molecule has 0 atom stereocenters. The molecule has 1 aromatic carbocycles. The molecule has 0 saturated heterocycles. The zero-order chi connectivity index (χ0) is 13.6. The van der Waals surface area contributed by atoms with Gasteiger partial charge in [0.05, 0.1) is 0 Å². The van der Waals surface area contributed by atoms with Crippen LogP contribution < -0.4 is 5.32 Å². The first kappa shape index (κ1) is 14.9. The Morgan fingerprint density at radius 1 is 1.28 bits per heavy atom. The number of hydrogen-bond acceptors (Lipinski definition) is 3. The fourth-order valence-electron chi connectivity index (χ4n) is 1.34. The lowest BCUT2D eigenvalue weighted by atomic mass is 10.1. The van der Waals surface area contributed by atoms with Crippen LogP contribution in [-0.2, 0) is 0 Å². The summed E-state index contributed by atoms with van der Waals surface area (Å²) >= 11 is -0.0521. The standard InChI is InChI=1S/C12H14F3NOS/c1-2-11(17)9-3-5-10(6-4-9)16-7-8-18-12(13,14)15/h3-6,16H,2,7-8H2,1H3. The van der Waals surface area contributed by atoms with E-state index in [0.29, 0.717) is 17.7 Å². The highest BCUT2D eigenvalue weighted by Crippen LogP contribution is 2.29. The number of rotatable bonds is 6. The van der Waals surface area contributed by atoms with E-state index < -0.39 is 5.51 Å². The summed E-state index contributed by atoms with van der Waals surface area (Å²) in [5, 5.41) is 2.87. The summed E-state index contributed by atoms with van der Waals surface area (Å²) in [6, 6.07) is 6.73. The maximum atomic E-state index is 11.9. The monoisotopic (exact) mass is 277 g/mol. The van der Waals surface area contributed by atoms with Crippen LogP contribution in [0.25, 0.3) is 0 Å². The zero-order valence-electron chi connectivity index (χ0n) is 9.88. The number of carbonyl (C=O) groups excluding carboxylic acids is 1. The molecule has 0 amide bonds. The molecular weight excluding hydrogens is 263 g/mol. The largest absolute Gasteiger partial charge is 0.441 e. The molecule has 0 aliphatic carbocycles. The number of alkyl halides is 3. The lowest BCUT2D eigenvalue weighted by Gasteiger charge is -2.08. The number of Topliss-reactive ketones (excluding diaryl/α,β-unsaturated/α-hetero) is 1. The molecule has 0 saturated carbocycles. The summed E-state index contributed by atoms with van der Waals surface area (Å²) in [6.07, 6.45) is 0.439. The van der Waals surface area contributed by atoms with E-state index in [1.165, 1.54) is 0 Å². The fourth-order valence-corrected chi connectivity index (χ4v) is 1.78. The molecule has 0 fully saturated rings. The Balaban J connectivity index is 2.38. The van der Waals surface area contributed by atoms with Gasteiger partial charge in [0.25, 0.3) is 0 Å². The Morgan fingerprint density at radius 3 is 2.39 bits per heavy atom. The van der Waals surface area contributed by atoms with Gasteiger partial charge in [0.2, 0.25) is 0 Å². The SMILES string of the molecule is CCC(=O)c1ccc(NCCSC(F)(F)F)cc1. The lowest BCUT2D eigenvalue weighted by molar-refractivity contribution is -0.0327. The maximum absolute atomic E-state index is 11.9. The van der Waals surface area contributed by atoms with Gasteiger partial charge in [-0.15, -0.1) is 0 Å². The smallest absolute Gasteiger partial charge is 0.384 e. The van der Waals surface area contributed by atoms with E-state index in [2.05, 4.69) is 5.32 Å². The molecule has 0 aromatic heterocycles. The number of hydrogen-bond donors (Lipinski definition) is 1. The molecule has 2 nitrogen and oxygen atoms in total. The number of thioether (sulfide) groups is 1. The van der Waals surface area contributed by atoms with Gasteiger partial charge in [-0.05, 0) is 36.0 Å². The first-order valence-electron chi connectivity index (χ1n) is 5.50. The van der Waals surface area contributed by atoms with Crippen LogP contribution in [0.2, 0.25) is 0 Å². The quantitative estimate of drug-likeness (QED) is 0.630. The summed E-state index contributed by atoms with van der Waals surface area (Å²) in [5.41, 5.74) is -2.85. The Labute approximate surface area is 108 Å². The van der Waals surface area contributed by atoms with Crippen molar-refractivity contribution in [1.82, 2.24) is 0 Å². The van der Waals surface area contributed by atoms with Crippen LogP contribution in [-0.4, -0.2) is 23.6 Å². The second kappa shape index (κ2) is 6.68. The van der Waals surface area contributed by atoms with Crippen LogP contribution in [0, 0.1) is 0 Å².